The maximum absolute atomic E-state index is 10.5. The van der Waals surface area contributed by atoms with E-state index in [1.165, 1.54) is 0 Å². The maximum Gasteiger partial charge on any atom is 0.335 e. The average Bonchev–Trinajstić information content (AvgIpc) is 2.02. The van der Waals surface area contributed by atoms with Crippen molar-refractivity contribution < 1.29 is 15.0 Å². The quantitative estimate of drug-likeness (QED) is 0.770. The van der Waals surface area contributed by atoms with Gasteiger partial charge in [0, 0.05) is 6.42 Å². The second kappa shape index (κ2) is 3.80. The summed E-state index contributed by atoms with van der Waals surface area (Å²) in [6, 6.07) is 6.54. The van der Waals surface area contributed by atoms with Crippen molar-refractivity contribution >= 4 is 5.97 Å². The highest BCUT2D eigenvalue weighted by molar-refractivity contribution is 5.87. The second-order valence-electron chi connectivity index (χ2n) is 3.99. The van der Waals surface area contributed by atoms with Gasteiger partial charge in [0.2, 0.25) is 0 Å². The number of carboxylic acid groups (broad SMARTS) is 1. The summed E-state index contributed by atoms with van der Waals surface area (Å²) in [5, 5.41) is 18.2. The molecule has 0 atom stereocenters. The van der Waals surface area contributed by atoms with Gasteiger partial charge in [-0.1, -0.05) is 12.1 Å². The van der Waals surface area contributed by atoms with E-state index in [2.05, 4.69) is 0 Å². The third-order valence-corrected chi connectivity index (χ3v) is 1.84. The molecule has 1 aromatic rings. The highest BCUT2D eigenvalue weighted by atomic mass is 16.4. The van der Waals surface area contributed by atoms with Crippen molar-refractivity contribution in [2.75, 3.05) is 0 Å². The summed E-state index contributed by atoms with van der Waals surface area (Å²) in [6.07, 6.45) is 0.521. The Hall–Kier alpha value is -1.35. The van der Waals surface area contributed by atoms with Gasteiger partial charge in [-0.05, 0) is 31.5 Å². The first-order valence-electron chi connectivity index (χ1n) is 4.43. The van der Waals surface area contributed by atoms with Crippen molar-refractivity contribution in [1.29, 1.82) is 0 Å². The Morgan fingerprint density at radius 3 is 2.14 bits per heavy atom. The van der Waals surface area contributed by atoms with E-state index in [4.69, 9.17) is 5.11 Å². The third kappa shape index (κ3) is 3.18. The largest absolute Gasteiger partial charge is 0.478 e. The van der Waals surface area contributed by atoms with Crippen molar-refractivity contribution in [2.45, 2.75) is 25.9 Å². The van der Waals surface area contributed by atoms with Gasteiger partial charge in [-0.15, -0.1) is 0 Å². The third-order valence-electron chi connectivity index (χ3n) is 1.84. The maximum atomic E-state index is 10.5. The number of carboxylic acids is 1. The van der Waals surface area contributed by atoms with Crippen LogP contribution in [0, 0.1) is 0 Å². The fraction of sp³-hybridized carbons (Fsp3) is 0.364. The van der Waals surface area contributed by atoms with Crippen LogP contribution in [0.2, 0.25) is 0 Å². The number of hydrogen-bond acceptors (Lipinski definition) is 2. The van der Waals surface area contributed by atoms with Crippen LogP contribution in [0.15, 0.2) is 24.3 Å². The zero-order valence-electron chi connectivity index (χ0n) is 8.32. The molecule has 3 heteroatoms. The molecule has 0 saturated heterocycles. The van der Waals surface area contributed by atoms with Crippen molar-refractivity contribution in [3.05, 3.63) is 35.4 Å². The topological polar surface area (TPSA) is 57.5 Å². The minimum Gasteiger partial charge on any atom is -0.478 e. The zero-order chi connectivity index (χ0) is 10.8. The van der Waals surface area contributed by atoms with E-state index in [9.17, 15) is 9.90 Å². The molecule has 0 heterocycles. The van der Waals surface area contributed by atoms with Crippen molar-refractivity contribution in [3.63, 3.8) is 0 Å². The highest BCUT2D eigenvalue weighted by Crippen LogP contribution is 2.13. The average molecular weight is 194 g/mol. The molecule has 0 aliphatic heterocycles. The van der Waals surface area contributed by atoms with Gasteiger partial charge in [-0.25, -0.2) is 4.79 Å². The van der Waals surface area contributed by atoms with E-state index < -0.39 is 11.6 Å². The molecule has 0 amide bonds. The molecule has 2 N–H and O–H groups in total. The molecule has 0 spiro atoms. The van der Waals surface area contributed by atoms with E-state index in [0.29, 0.717) is 6.42 Å². The van der Waals surface area contributed by atoms with E-state index in [0.717, 1.165) is 5.56 Å². The molecule has 0 radical (unpaired) electrons. The van der Waals surface area contributed by atoms with Crippen molar-refractivity contribution in [2.24, 2.45) is 0 Å². The van der Waals surface area contributed by atoms with Crippen LogP contribution in [0.1, 0.15) is 29.8 Å². The summed E-state index contributed by atoms with van der Waals surface area (Å²) < 4.78 is 0. The number of benzene rings is 1. The van der Waals surface area contributed by atoms with Crippen molar-refractivity contribution in [3.8, 4) is 0 Å². The van der Waals surface area contributed by atoms with Crippen LogP contribution in [0.4, 0.5) is 0 Å². The number of aliphatic hydroxyl groups is 1. The lowest BCUT2D eigenvalue weighted by molar-refractivity contribution is 0.0697. The lowest BCUT2D eigenvalue weighted by Gasteiger charge is -2.16. The fourth-order valence-corrected chi connectivity index (χ4v) is 1.26. The Bertz CT molecular complexity index is 319. The van der Waals surface area contributed by atoms with Gasteiger partial charge in [0.15, 0.2) is 0 Å². The normalized spacial score (nSPS) is 11.4. The van der Waals surface area contributed by atoms with E-state index in [1.807, 2.05) is 0 Å². The summed E-state index contributed by atoms with van der Waals surface area (Å²) in [7, 11) is 0. The van der Waals surface area contributed by atoms with Gasteiger partial charge in [0.1, 0.15) is 0 Å². The fourth-order valence-electron chi connectivity index (χ4n) is 1.26. The summed E-state index contributed by atoms with van der Waals surface area (Å²) in [5.41, 5.74) is 0.442. The first-order chi connectivity index (χ1) is 6.38. The van der Waals surface area contributed by atoms with Gasteiger partial charge < -0.3 is 10.2 Å². The van der Waals surface area contributed by atoms with Crippen LogP contribution in [-0.2, 0) is 6.42 Å². The van der Waals surface area contributed by atoms with E-state index in [1.54, 1.807) is 38.1 Å². The summed E-state index contributed by atoms with van der Waals surface area (Å²) in [5.74, 6) is -0.931. The SMILES string of the molecule is CC(C)(O)Cc1ccc(C(=O)O)cc1. The Balaban J connectivity index is 2.79. The van der Waals surface area contributed by atoms with Crippen LogP contribution < -0.4 is 0 Å². The molecule has 0 bridgehead atoms. The molecule has 1 rings (SSSR count). The molecule has 1 aromatic carbocycles. The summed E-state index contributed by atoms with van der Waals surface area (Å²) >= 11 is 0. The minimum absolute atomic E-state index is 0.268. The monoisotopic (exact) mass is 194 g/mol. The zero-order valence-corrected chi connectivity index (χ0v) is 8.32. The lowest BCUT2D eigenvalue weighted by atomic mass is 9.98. The number of aromatic carboxylic acids is 1. The molecule has 0 aliphatic rings. The van der Waals surface area contributed by atoms with Gasteiger partial charge in [-0.2, -0.15) is 0 Å². The predicted octanol–water partition coefficient (Wildman–Crippen LogP) is 1.70. The van der Waals surface area contributed by atoms with Gasteiger partial charge in [0.05, 0.1) is 11.2 Å². The molecule has 0 aliphatic carbocycles. The molecule has 0 unspecified atom stereocenters. The molecule has 0 saturated carbocycles. The van der Waals surface area contributed by atoms with Crippen molar-refractivity contribution in [1.82, 2.24) is 0 Å². The molecule has 14 heavy (non-hydrogen) atoms. The van der Waals surface area contributed by atoms with Gasteiger partial charge in [-0.3, -0.25) is 0 Å². The van der Waals surface area contributed by atoms with Crippen LogP contribution in [0.5, 0.6) is 0 Å². The summed E-state index contributed by atoms with van der Waals surface area (Å²) in [6.45, 7) is 3.44. The first-order valence-corrected chi connectivity index (χ1v) is 4.43. The number of hydrogen-bond donors (Lipinski definition) is 2. The molecular weight excluding hydrogens is 180 g/mol. The van der Waals surface area contributed by atoms with E-state index in [-0.39, 0.29) is 5.56 Å². The van der Waals surface area contributed by atoms with Gasteiger partial charge >= 0.3 is 5.97 Å². The van der Waals surface area contributed by atoms with Crippen LogP contribution in [0.3, 0.4) is 0 Å². The molecule has 0 fully saturated rings. The summed E-state index contributed by atoms with van der Waals surface area (Å²) in [4.78, 5) is 10.5. The molecule has 76 valence electrons. The Morgan fingerprint density at radius 1 is 1.29 bits per heavy atom. The van der Waals surface area contributed by atoms with Gasteiger partial charge in [0.25, 0.3) is 0 Å². The Labute approximate surface area is 83.0 Å². The minimum atomic E-state index is -0.931. The second-order valence-corrected chi connectivity index (χ2v) is 3.99. The standard InChI is InChI=1S/C11H14O3/c1-11(2,14)7-8-3-5-9(6-4-8)10(12)13/h3-6,14H,7H2,1-2H3,(H,12,13). The van der Waals surface area contributed by atoms with Crippen LogP contribution in [0.25, 0.3) is 0 Å². The Morgan fingerprint density at radius 2 is 1.79 bits per heavy atom. The van der Waals surface area contributed by atoms with Crippen LogP contribution in [-0.4, -0.2) is 21.8 Å². The lowest BCUT2D eigenvalue weighted by Crippen LogP contribution is -2.21. The van der Waals surface area contributed by atoms with E-state index >= 15 is 0 Å². The van der Waals surface area contributed by atoms with Crippen LogP contribution >= 0.6 is 0 Å². The molecular formula is C11H14O3. The number of carbonyl (C=O) groups is 1. The smallest absolute Gasteiger partial charge is 0.335 e. The predicted molar refractivity (Wildman–Crippen MR) is 53.4 cm³/mol. The number of rotatable bonds is 3. The molecule has 3 nitrogen and oxygen atoms in total. The Kier molecular flexibility index (Phi) is 2.91. The first kappa shape index (κ1) is 10.7. The molecule has 0 aromatic heterocycles. The highest BCUT2D eigenvalue weighted by Gasteiger charge is 2.13.